The fourth-order valence-corrected chi connectivity index (χ4v) is 3.18. The van der Waals surface area contributed by atoms with E-state index in [1.54, 1.807) is 14.0 Å². The average molecular weight is 496 g/mol. The summed E-state index contributed by atoms with van der Waals surface area (Å²) in [6.45, 7) is 3.16. The second kappa shape index (κ2) is 13.4. The fourth-order valence-electron chi connectivity index (χ4n) is 3.18. The zero-order chi connectivity index (χ0) is 26.0. The molecule has 0 aliphatic carbocycles. The van der Waals surface area contributed by atoms with Gasteiger partial charge in [0.2, 0.25) is 0 Å². The highest BCUT2D eigenvalue weighted by Crippen LogP contribution is 2.20. The van der Waals surface area contributed by atoms with E-state index in [-0.39, 0.29) is 30.8 Å². The summed E-state index contributed by atoms with van der Waals surface area (Å²) >= 11 is 0. The molecule has 35 heavy (non-hydrogen) atoms. The van der Waals surface area contributed by atoms with Crippen molar-refractivity contribution in [2.24, 2.45) is 5.10 Å². The molecule has 1 aromatic rings. The van der Waals surface area contributed by atoms with Gasteiger partial charge >= 0.3 is 0 Å². The summed E-state index contributed by atoms with van der Waals surface area (Å²) in [6.07, 6.45) is 1.08. The van der Waals surface area contributed by atoms with Gasteiger partial charge in [-0.2, -0.15) is 5.10 Å². The van der Waals surface area contributed by atoms with Gasteiger partial charge in [0, 0.05) is 44.9 Å². The molecule has 1 aliphatic rings. The van der Waals surface area contributed by atoms with Crippen LogP contribution in [0, 0.1) is 11.6 Å². The van der Waals surface area contributed by atoms with Crippen LogP contribution in [0.2, 0.25) is 0 Å². The molecule has 192 valence electrons. The van der Waals surface area contributed by atoms with Crippen molar-refractivity contribution in [1.29, 1.82) is 0 Å². The Morgan fingerprint density at radius 3 is 2.69 bits per heavy atom. The first-order chi connectivity index (χ1) is 16.7. The van der Waals surface area contributed by atoms with E-state index in [9.17, 15) is 28.6 Å². The van der Waals surface area contributed by atoms with E-state index in [1.165, 1.54) is 11.0 Å². The van der Waals surface area contributed by atoms with Crippen molar-refractivity contribution in [3.8, 4) is 0 Å². The monoisotopic (exact) mass is 495 g/mol. The minimum atomic E-state index is -0.889. The number of carbonyl (C=O) groups excluding carboxylic acids is 2. The van der Waals surface area contributed by atoms with Crippen LogP contribution in [-0.4, -0.2) is 85.1 Å². The lowest BCUT2D eigenvalue weighted by molar-refractivity contribution is -0.127. The zero-order valence-corrected chi connectivity index (χ0v) is 20.0. The quantitative estimate of drug-likeness (QED) is 0.388. The number of nitrogens with zero attached hydrogens (tertiary/aromatic N) is 3. The minimum Gasteiger partial charge on any atom is -0.504 e. The van der Waals surface area contributed by atoms with Crippen molar-refractivity contribution in [1.82, 2.24) is 20.5 Å². The number of hydrogen-bond donors (Lipinski definition) is 4. The number of halogens is 2. The number of aliphatic hydroxyl groups excluding tert-OH is 2. The summed E-state index contributed by atoms with van der Waals surface area (Å²) in [4.78, 5) is 29.1. The highest BCUT2D eigenvalue weighted by Gasteiger charge is 2.27. The van der Waals surface area contributed by atoms with Gasteiger partial charge in [-0.15, -0.1) is 0 Å². The molecular formula is C23H31F2N5O5. The van der Waals surface area contributed by atoms with Crippen LogP contribution < -0.4 is 10.7 Å². The van der Waals surface area contributed by atoms with Gasteiger partial charge < -0.3 is 30.1 Å². The Balaban J connectivity index is 2.36. The molecule has 10 nitrogen and oxygen atoms in total. The molecule has 0 atom stereocenters. The largest absolute Gasteiger partial charge is 0.504 e. The third-order valence-corrected chi connectivity index (χ3v) is 5.36. The maximum absolute atomic E-state index is 13.9. The maximum atomic E-state index is 13.9. The number of aliphatic hydroxyl groups is 2. The number of nitrogens with one attached hydrogen (secondary N) is 2. The molecule has 4 N–H and O–H groups in total. The Labute approximate surface area is 202 Å². The van der Waals surface area contributed by atoms with E-state index in [0.29, 0.717) is 32.3 Å². The molecule has 0 bridgehead atoms. The number of benzene rings is 1. The van der Waals surface area contributed by atoms with Crippen LogP contribution in [0.15, 0.2) is 46.0 Å². The molecule has 0 saturated carbocycles. The van der Waals surface area contributed by atoms with Gasteiger partial charge in [-0.05, 0) is 26.5 Å². The lowest BCUT2D eigenvalue weighted by Gasteiger charge is -2.25. The lowest BCUT2D eigenvalue weighted by Crippen LogP contribution is -2.40. The van der Waals surface area contributed by atoms with Crippen molar-refractivity contribution in [3.63, 3.8) is 0 Å². The molecule has 0 spiro atoms. The lowest BCUT2D eigenvalue weighted by atomic mass is 10.0. The van der Waals surface area contributed by atoms with Gasteiger partial charge in [0.05, 0.1) is 18.4 Å². The summed E-state index contributed by atoms with van der Waals surface area (Å²) in [5.41, 5.74) is 2.12. The van der Waals surface area contributed by atoms with Crippen LogP contribution >= 0.6 is 0 Å². The number of amides is 2. The van der Waals surface area contributed by atoms with E-state index < -0.39 is 40.5 Å². The van der Waals surface area contributed by atoms with Gasteiger partial charge in [-0.3, -0.25) is 15.0 Å². The van der Waals surface area contributed by atoms with E-state index in [1.807, 2.05) is 11.9 Å². The Morgan fingerprint density at radius 1 is 1.29 bits per heavy atom. The molecule has 1 aromatic carbocycles. The van der Waals surface area contributed by atoms with E-state index in [0.717, 1.165) is 12.3 Å². The van der Waals surface area contributed by atoms with Gasteiger partial charge in [0.15, 0.2) is 11.5 Å². The fraction of sp³-hybridized carbons (Fsp3) is 0.435. The maximum Gasteiger partial charge on any atom is 0.257 e. The number of methoxy groups -OCH3 is 1. The average Bonchev–Trinajstić information content (AvgIpc) is 2.83. The summed E-state index contributed by atoms with van der Waals surface area (Å²) in [6, 6.07) is 2.91. The molecule has 2 rings (SSSR count). The van der Waals surface area contributed by atoms with Gasteiger partial charge in [0.25, 0.3) is 11.8 Å². The molecule has 0 unspecified atom stereocenters. The van der Waals surface area contributed by atoms with E-state index in [2.05, 4.69) is 15.8 Å². The Morgan fingerprint density at radius 2 is 2.03 bits per heavy atom. The number of hydrogen-bond acceptors (Lipinski definition) is 8. The third kappa shape index (κ3) is 7.76. The van der Waals surface area contributed by atoms with Crippen molar-refractivity contribution in [2.45, 2.75) is 19.9 Å². The van der Waals surface area contributed by atoms with Gasteiger partial charge in [0.1, 0.15) is 23.9 Å². The number of hydrazone groups is 1. The minimum absolute atomic E-state index is 0.00141. The van der Waals surface area contributed by atoms with Gasteiger partial charge in [-0.1, -0.05) is 6.07 Å². The first kappa shape index (κ1) is 27.7. The second-order valence-electron chi connectivity index (χ2n) is 7.79. The summed E-state index contributed by atoms with van der Waals surface area (Å²) < 4.78 is 32.1. The molecule has 2 amide bonds. The molecule has 1 aliphatic heterocycles. The molecule has 0 radical (unpaired) electrons. The first-order valence-corrected chi connectivity index (χ1v) is 11.0. The number of ether oxygens (including phenoxy) is 1. The van der Waals surface area contributed by atoms with Crippen LogP contribution in [0.3, 0.4) is 0 Å². The molecule has 0 saturated heterocycles. The highest BCUT2D eigenvalue weighted by atomic mass is 19.1. The van der Waals surface area contributed by atoms with Crippen LogP contribution in [0.5, 0.6) is 0 Å². The van der Waals surface area contributed by atoms with Crippen LogP contribution in [-0.2, 0) is 20.9 Å². The van der Waals surface area contributed by atoms with Crippen LogP contribution in [0.4, 0.5) is 8.78 Å². The topological polar surface area (TPSA) is 127 Å². The smallest absolute Gasteiger partial charge is 0.257 e. The number of carbonyl (C=O) groups is 2. The van der Waals surface area contributed by atoms with E-state index >= 15 is 0 Å². The predicted octanol–water partition coefficient (Wildman–Crippen LogP) is 1.57. The Bertz CT molecular complexity index is 1010. The highest BCUT2D eigenvalue weighted by molar-refractivity contribution is 6.13. The molecule has 0 aromatic heterocycles. The van der Waals surface area contributed by atoms with Gasteiger partial charge in [-0.25, -0.2) is 8.78 Å². The molecule has 12 heteroatoms. The Kier molecular flexibility index (Phi) is 10.6. The summed E-state index contributed by atoms with van der Waals surface area (Å²) in [5, 5.41) is 27.8. The third-order valence-electron chi connectivity index (χ3n) is 5.36. The second-order valence-corrected chi connectivity index (χ2v) is 7.79. The van der Waals surface area contributed by atoms with Crippen molar-refractivity contribution in [2.75, 3.05) is 47.1 Å². The summed E-state index contributed by atoms with van der Waals surface area (Å²) in [5.74, 6) is -4.63. The van der Waals surface area contributed by atoms with E-state index in [4.69, 9.17) is 4.74 Å². The molecule has 1 heterocycles. The summed E-state index contributed by atoms with van der Waals surface area (Å²) in [7, 11) is 3.39. The first-order valence-electron chi connectivity index (χ1n) is 11.0. The SMILES string of the molecule is CCN1CNN=CC(C(=O)NCc2ccc(F)cc2F)=C(O)/C(O)=C(\CCN(C)CCOC)C1=O. The molecular weight excluding hydrogens is 464 g/mol. The number of likely N-dealkylation sites (N-methyl/N-ethyl adjacent to an activating group) is 2. The Hall–Kier alpha value is -3.51. The zero-order valence-electron chi connectivity index (χ0n) is 20.0. The predicted molar refractivity (Wildman–Crippen MR) is 125 cm³/mol. The number of rotatable bonds is 10. The van der Waals surface area contributed by atoms with Crippen LogP contribution in [0.25, 0.3) is 0 Å². The van der Waals surface area contributed by atoms with Crippen LogP contribution in [0.1, 0.15) is 18.9 Å². The normalized spacial score (nSPS) is 17.1. The van der Waals surface area contributed by atoms with Crippen molar-refractivity contribution >= 4 is 18.0 Å². The van der Waals surface area contributed by atoms with Crippen molar-refractivity contribution in [3.05, 3.63) is 58.1 Å². The van der Waals surface area contributed by atoms with Crippen molar-refractivity contribution < 1.29 is 33.3 Å². The molecule has 0 fully saturated rings. The standard InChI is InChI=1S/C23H31F2N5O5/c1-4-30-14-28-27-13-18(22(33)26-12-15-5-6-16(24)11-19(15)25)21(32)20(31)17(23(30)34)7-8-29(2)9-10-35-3/h5-6,11,13,28,31-32H,4,7-10,12,14H2,1-3H3,(H,26,33)/b20-17-,21-18?,27-13?.